The van der Waals surface area contributed by atoms with Gasteiger partial charge in [0.1, 0.15) is 6.04 Å². The number of rotatable bonds is 5. The molecule has 12 heteroatoms. The fourth-order valence-electron chi connectivity index (χ4n) is 3.69. The summed E-state index contributed by atoms with van der Waals surface area (Å²) in [6.07, 6.45) is -6.76. The second-order valence-electron chi connectivity index (χ2n) is 6.88. The summed E-state index contributed by atoms with van der Waals surface area (Å²) >= 11 is 0. The van der Waals surface area contributed by atoms with Gasteiger partial charge in [0.25, 0.3) is 5.91 Å². The van der Waals surface area contributed by atoms with Crippen LogP contribution in [0.15, 0.2) is 0 Å². The monoisotopic (exact) mass is 429 g/mol. The van der Waals surface area contributed by atoms with Gasteiger partial charge in [0.15, 0.2) is 24.4 Å². The predicted octanol–water partition coefficient (Wildman–Crippen LogP) is -1.13. The highest BCUT2D eigenvalue weighted by Gasteiger charge is 2.62. The fourth-order valence-corrected chi connectivity index (χ4v) is 3.69. The van der Waals surface area contributed by atoms with Gasteiger partial charge in [0.2, 0.25) is 6.10 Å². The zero-order valence-corrected chi connectivity index (χ0v) is 17.1. The molecule has 0 aliphatic carbocycles. The SMILES string of the molecule is CC(=O)OC1C(=O)N2CC(OC(C)=O)[C@@H](OC(C)=O)C2C(OC(C)=O)C1OC(C)=O. The van der Waals surface area contributed by atoms with Crippen LogP contribution in [0.1, 0.15) is 34.6 Å². The largest absolute Gasteiger partial charge is 0.457 e. The van der Waals surface area contributed by atoms with Crippen LogP contribution in [0.2, 0.25) is 0 Å². The highest BCUT2D eigenvalue weighted by atomic mass is 16.6. The Morgan fingerprint density at radius 3 is 1.57 bits per heavy atom. The zero-order valence-electron chi connectivity index (χ0n) is 17.1. The number of nitrogens with zero attached hydrogens (tertiary/aromatic N) is 1. The molecule has 166 valence electrons. The first kappa shape index (κ1) is 23.1. The van der Waals surface area contributed by atoms with Crippen LogP contribution < -0.4 is 0 Å². The third kappa shape index (κ3) is 5.05. The van der Waals surface area contributed by atoms with Crippen molar-refractivity contribution < 1.29 is 52.5 Å². The van der Waals surface area contributed by atoms with Crippen molar-refractivity contribution in [1.82, 2.24) is 4.90 Å². The number of ether oxygens (including phenoxy) is 5. The Morgan fingerprint density at radius 1 is 0.667 bits per heavy atom. The molecular weight excluding hydrogens is 406 g/mol. The van der Waals surface area contributed by atoms with Crippen molar-refractivity contribution in [2.24, 2.45) is 0 Å². The second-order valence-corrected chi connectivity index (χ2v) is 6.88. The third-order valence-corrected chi connectivity index (χ3v) is 4.44. The molecule has 0 bridgehead atoms. The minimum absolute atomic E-state index is 0.219. The number of carbonyl (C=O) groups is 6. The molecule has 0 spiro atoms. The molecule has 0 radical (unpaired) electrons. The molecule has 2 fully saturated rings. The maximum atomic E-state index is 13.1. The van der Waals surface area contributed by atoms with E-state index < -0.39 is 72.3 Å². The van der Waals surface area contributed by atoms with Crippen LogP contribution in [0.4, 0.5) is 0 Å². The number of carbonyl (C=O) groups excluding carboxylic acids is 6. The quantitative estimate of drug-likeness (QED) is 0.385. The summed E-state index contributed by atoms with van der Waals surface area (Å²) in [6, 6.07) is -1.15. The third-order valence-electron chi connectivity index (χ3n) is 4.44. The standard InChI is InChI=1S/C18H23NO11/c1-7(20)26-12-6-19-13(14(12)27-8(2)21)15(28-9(3)22)16(29-10(4)23)17(18(19)25)30-11(5)24/h12-17H,6H2,1-5H3/t12?,13?,14-,15?,16?,17?/m1/s1. The van der Waals surface area contributed by atoms with Crippen molar-refractivity contribution >= 4 is 35.8 Å². The highest BCUT2D eigenvalue weighted by Crippen LogP contribution is 2.36. The smallest absolute Gasteiger partial charge is 0.303 e. The molecule has 5 unspecified atom stereocenters. The summed E-state index contributed by atoms with van der Waals surface area (Å²) in [6.45, 7) is 5.24. The first-order chi connectivity index (χ1) is 13.9. The summed E-state index contributed by atoms with van der Waals surface area (Å²) in [5.74, 6) is -4.66. The van der Waals surface area contributed by atoms with Crippen molar-refractivity contribution in [1.29, 1.82) is 0 Å². The maximum absolute atomic E-state index is 13.1. The summed E-state index contributed by atoms with van der Waals surface area (Å²) in [5.41, 5.74) is 0. The first-order valence-corrected chi connectivity index (χ1v) is 9.09. The number of piperidine rings is 1. The van der Waals surface area contributed by atoms with Crippen LogP contribution in [0.3, 0.4) is 0 Å². The first-order valence-electron chi connectivity index (χ1n) is 9.09. The van der Waals surface area contributed by atoms with E-state index in [0.717, 1.165) is 39.5 Å². The molecule has 2 aliphatic heterocycles. The van der Waals surface area contributed by atoms with Gasteiger partial charge in [-0.25, -0.2) is 0 Å². The van der Waals surface area contributed by atoms with E-state index in [-0.39, 0.29) is 6.54 Å². The summed E-state index contributed by atoms with van der Waals surface area (Å²) in [7, 11) is 0. The molecule has 0 aromatic carbocycles. The molecule has 0 aromatic heterocycles. The lowest BCUT2D eigenvalue weighted by atomic mass is 9.91. The van der Waals surface area contributed by atoms with Gasteiger partial charge in [-0.15, -0.1) is 0 Å². The van der Waals surface area contributed by atoms with Gasteiger partial charge in [-0.05, 0) is 0 Å². The van der Waals surface area contributed by atoms with E-state index in [0.29, 0.717) is 0 Å². The number of hydrogen-bond donors (Lipinski definition) is 0. The van der Waals surface area contributed by atoms with Gasteiger partial charge in [0.05, 0.1) is 6.54 Å². The molecule has 0 aromatic rings. The average molecular weight is 429 g/mol. The van der Waals surface area contributed by atoms with Crippen molar-refractivity contribution in [2.45, 2.75) is 71.2 Å². The van der Waals surface area contributed by atoms with E-state index in [1.165, 1.54) is 0 Å². The van der Waals surface area contributed by atoms with Crippen molar-refractivity contribution in [2.75, 3.05) is 6.54 Å². The van der Waals surface area contributed by atoms with Gasteiger partial charge in [-0.2, -0.15) is 0 Å². The van der Waals surface area contributed by atoms with Crippen molar-refractivity contribution in [3.63, 3.8) is 0 Å². The minimum atomic E-state index is -1.61. The molecule has 2 heterocycles. The Balaban J connectivity index is 2.56. The van der Waals surface area contributed by atoms with Crippen LogP contribution in [0.25, 0.3) is 0 Å². The van der Waals surface area contributed by atoms with Gasteiger partial charge >= 0.3 is 29.8 Å². The van der Waals surface area contributed by atoms with Crippen LogP contribution in [0.5, 0.6) is 0 Å². The Labute approximate surface area is 171 Å². The molecule has 0 N–H and O–H groups in total. The predicted molar refractivity (Wildman–Crippen MR) is 93.3 cm³/mol. The van der Waals surface area contributed by atoms with Gasteiger partial charge in [-0.3, -0.25) is 28.8 Å². The molecule has 2 aliphatic rings. The maximum Gasteiger partial charge on any atom is 0.303 e. The van der Waals surface area contributed by atoms with E-state index in [4.69, 9.17) is 23.7 Å². The van der Waals surface area contributed by atoms with Gasteiger partial charge < -0.3 is 28.6 Å². The molecule has 2 saturated heterocycles. The summed E-state index contributed by atoms with van der Waals surface area (Å²) in [5, 5.41) is 0. The average Bonchev–Trinajstić information content (AvgIpc) is 2.91. The normalized spacial score (nSPS) is 30.0. The molecular formula is C18H23NO11. The molecule has 1 amide bonds. The van der Waals surface area contributed by atoms with Crippen molar-refractivity contribution in [3.8, 4) is 0 Å². The molecule has 0 saturated carbocycles. The van der Waals surface area contributed by atoms with E-state index >= 15 is 0 Å². The zero-order chi connectivity index (χ0) is 22.7. The second kappa shape index (κ2) is 9.09. The van der Waals surface area contributed by atoms with Crippen LogP contribution in [0, 0.1) is 0 Å². The number of amides is 1. The number of esters is 5. The lowest BCUT2D eigenvalue weighted by Gasteiger charge is -2.44. The van der Waals surface area contributed by atoms with E-state index in [9.17, 15) is 28.8 Å². The Morgan fingerprint density at radius 2 is 1.10 bits per heavy atom. The Bertz CT molecular complexity index is 763. The molecule has 30 heavy (non-hydrogen) atoms. The Hall–Kier alpha value is -3.18. The highest BCUT2D eigenvalue weighted by molar-refractivity contribution is 5.87. The lowest BCUT2D eigenvalue weighted by molar-refractivity contribution is -0.210. The minimum Gasteiger partial charge on any atom is -0.457 e. The molecule has 6 atom stereocenters. The van der Waals surface area contributed by atoms with E-state index in [1.54, 1.807) is 0 Å². The topological polar surface area (TPSA) is 152 Å². The van der Waals surface area contributed by atoms with E-state index in [2.05, 4.69) is 0 Å². The number of hydrogen-bond acceptors (Lipinski definition) is 11. The summed E-state index contributed by atoms with van der Waals surface area (Å²) < 4.78 is 26.0. The van der Waals surface area contributed by atoms with Crippen molar-refractivity contribution in [3.05, 3.63) is 0 Å². The fraction of sp³-hybridized carbons (Fsp3) is 0.667. The van der Waals surface area contributed by atoms with Gasteiger partial charge in [-0.1, -0.05) is 0 Å². The van der Waals surface area contributed by atoms with Crippen LogP contribution in [-0.2, 0) is 52.5 Å². The van der Waals surface area contributed by atoms with Crippen LogP contribution >= 0.6 is 0 Å². The van der Waals surface area contributed by atoms with Crippen LogP contribution in [-0.4, -0.2) is 83.8 Å². The Kier molecular flexibility index (Phi) is 7.00. The van der Waals surface area contributed by atoms with Gasteiger partial charge in [0, 0.05) is 34.6 Å². The molecule has 2 rings (SSSR count). The molecule has 12 nitrogen and oxygen atoms in total. The van der Waals surface area contributed by atoms with E-state index in [1.807, 2.05) is 0 Å². The number of fused-ring (bicyclic) bond motifs is 1. The summed E-state index contributed by atoms with van der Waals surface area (Å²) in [4.78, 5) is 72.3. The lowest BCUT2D eigenvalue weighted by Crippen LogP contribution is -2.67.